The number of amides is 1. The number of carbonyl (C=O) groups excluding carboxylic acids is 1. The zero-order chi connectivity index (χ0) is 20.2. The van der Waals surface area contributed by atoms with Crippen LogP contribution < -0.4 is 10.1 Å². The highest BCUT2D eigenvalue weighted by Crippen LogP contribution is 2.21. The fourth-order valence-corrected chi connectivity index (χ4v) is 3.15. The minimum atomic E-state index is -0.259. The maximum atomic E-state index is 12.4. The Balaban J connectivity index is 1.34. The fourth-order valence-electron chi connectivity index (χ4n) is 3.15. The zero-order valence-corrected chi connectivity index (χ0v) is 16.5. The summed E-state index contributed by atoms with van der Waals surface area (Å²) in [6.45, 7) is 5.43. The van der Waals surface area contributed by atoms with Crippen LogP contribution in [0.15, 0.2) is 65.2 Å². The molecule has 0 radical (unpaired) electrons. The minimum Gasteiger partial charge on any atom is -0.486 e. The number of hydrogen-bond donors (Lipinski definition) is 1. The van der Waals surface area contributed by atoms with Crippen LogP contribution in [0.5, 0.6) is 5.75 Å². The summed E-state index contributed by atoms with van der Waals surface area (Å²) in [6.07, 6.45) is 1.95. The summed E-state index contributed by atoms with van der Waals surface area (Å²) in [6, 6.07) is 17.5. The largest absolute Gasteiger partial charge is 0.486 e. The van der Waals surface area contributed by atoms with E-state index in [0.29, 0.717) is 12.3 Å². The van der Waals surface area contributed by atoms with Crippen LogP contribution >= 0.6 is 0 Å². The van der Waals surface area contributed by atoms with E-state index in [0.717, 1.165) is 34.3 Å². The second-order valence-corrected chi connectivity index (χ2v) is 6.84. The highest BCUT2D eigenvalue weighted by molar-refractivity contribution is 5.91. The summed E-state index contributed by atoms with van der Waals surface area (Å²) in [7, 11) is 0. The van der Waals surface area contributed by atoms with Crippen molar-refractivity contribution in [2.24, 2.45) is 0 Å². The summed E-state index contributed by atoms with van der Waals surface area (Å²) in [4.78, 5) is 12.4. The van der Waals surface area contributed by atoms with Crippen molar-refractivity contribution in [1.29, 1.82) is 0 Å². The molecule has 0 saturated carbocycles. The molecule has 2 aromatic heterocycles. The molecule has 148 valence electrons. The molecule has 0 saturated heterocycles. The van der Waals surface area contributed by atoms with E-state index >= 15 is 0 Å². The van der Waals surface area contributed by atoms with Crippen molar-refractivity contribution >= 4 is 16.7 Å². The quantitative estimate of drug-likeness (QED) is 0.506. The zero-order valence-electron chi connectivity index (χ0n) is 16.5. The van der Waals surface area contributed by atoms with Crippen molar-refractivity contribution in [1.82, 2.24) is 15.1 Å². The standard InChI is InChI=1S/C23H23N3O3/c1-3-26-14-19(16(2)25-26)13-24-23(27)22-11-10-21(29-22)15-28-20-9-8-17-6-4-5-7-18(17)12-20/h4-12,14H,3,13,15H2,1-2H3,(H,24,27). The van der Waals surface area contributed by atoms with Crippen LogP contribution in [0.2, 0.25) is 0 Å². The summed E-state index contributed by atoms with van der Waals surface area (Å²) >= 11 is 0. The topological polar surface area (TPSA) is 69.3 Å². The van der Waals surface area contributed by atoms with Gasteiger partial charge in [-0.1, -0.05) is 30.3 Å². The molecule has 4 aromatic rings. The van der Waals surface area contributed by atoms with Gasteiger partial charge in [-0.05, 0) is 48.9 Å². The molecule has 0 spiro atoms. The Labute approximate surface area is 169 Å². The Morgan fingerprint density at radius 2 is 1.97 bits per heavy atom. The Bertz CT molecular complexity index is 1140. The molecule has 2 aromatic carbocycles. The third-order valence-electron chi connectivity index (χ3n) is 4.80. The molecule has 0 aliphatic heterocycles. The van der Waals surface area contributed by atoms with Crippen LogP contribution in [0.25, 0.3) is 10.8 Å². The summed E-state index contributed by atoms with van der Waals surface area (Å²) < 4.78 is 13.3. The van der Waals surface area contributed by atoms with Gasteiger partial charge < -0.3 is 14.5 Å². The van der Waals surface area contributed by atoms with Crippen LogP contribution in [0.4, 0.5) is 0 Å². The van der Waals surface area contributed by atoms with Crippen LogP contribution in [0, 0.1) is 6.92 Å². The van der Waals surface area contributed by atoms with Gasteiger partial charge in [0, 0.05) is 24.8 Å². The summed E-state index contributed by atoms with van der Waals surface area (Å²) in [5.74, 6) is 1.36. The SMILES string of the molecule is CCn1cc(CNC(=O)c2ccc(COc3ccc4ccccc4c3)o2)c(C)n1. The maximum Gasteiger partial charge on any atom is 0.287 e. The van der Waals surface area contributed by atoms with E-state index < -0.39 is 0 Å². The number of rotatable bonds is 7. The smallest absolute Gasteiger partial charge is 0.287 e. The second-order valence-electron chi connectivity index (χ2n) is 6.84. The molecule has 0 unspecified atom stereocenters. The van der Waals surface area contributed by atoms with Crippen molar-refractivity contribution in [3.8, 4) is 5.75 Å². The lowest BCUT2D eigenvalue weighted by Crippen LogP contribution is -2.22. The average molecular weight is 389 g/mol. The summed E-state index contributed by atoms with van der Waals surface area (Å²) in [5.41, 5.74) is 1.91. The number of carbonyl (C=O) groups is 1. The lowest BCUT2D eigenvalue weighted by Gasteiger charge is -2.06. The molecule has 0 aliphatic carbocycles. The molecular formula is C23H23N3O3. The Hall–Kier alpha value is -3.54. The van der Waals surface area contributed by atoms with E-state index in [2.05, 4.69) is 16.5 Å². The van der Waals surface area contributed by atoms with Gasteiger partial charge in [-0.15, -0.1) is 0 Å². The Morgan fingerprint density at radius 3 is 2.76 bits per heavy atom. The molecular weight excluding hydrogens is 366 g/mol. The lowest BCUT2D eigenvalue weighted by molar-refractivity contribution is 0.0919. The number of nitrogens with zero attached hydrogens (tertiary/aromatic N) is 2. The average Bonchev–Trinajstić information content (AvgIpc) is 3.37. The van der Waals surface area contributed by atoms with Crippen molar-refractivity contribution in [3.05, 3.63) is 83.6 Å². The third-order valence-corrected chi connectivity index (χ3v) is 4.80. The van der Waals surface area contributed by atoms with Crippen molar-refractivity contribution in [3.63, 3.8) is 0 Å². The van der Waals surface area contributed by atoms with E-state index in [1.165, 1.54) is 0 Å². The second kappa shape index (κ2) is 8.22. The number of fused-ring (bicyclic) bond motifs is 1. The van der Waals surface area contributed by atoms with Crippen molar-refractivity contribution < 1.29 is 13.9 Å². The number of nitrogens with one attached hydrogen (secondary N) is 1. The van der Waals surface area contributed by atoms with Crippen LogP contribution in [-0.2, 0) is 19.7 Å². The first-order valence-corrected chi connectivity index (χ1v) is 9.64. The van der Waals surface area contributed by atoms with Gasteiger partial charge in [0.25, 0.3) is 5.91 Å². The van der Waals surface area contributed by atoms with Crippen LogP contribution in [-0.4, -0.2) is 15.7 Å². The van der Waals surface area contributed by atoms with E-state index in [4.69, 9.17) is 9.15 Å². The molecule has 0 aliphatic rings. The van der Waals surface area contributed by atoms with Gasteiger partial charge in [0.05, 0.1) is 5.69 Å². The highest BCUT2D eigenvalue weighted by atomic mass is 16.5. The number of ether oxygens (including phenoxy) is 1. The monoisotopic (exact) mass is 389 g/mol. The van der Waals surface area contributed by atoms with Crippen molar-refractivity contribution in [2.75, 3.05) is 0 Å². The van der Waals surface area contributed by atoms with Gasteiger partial charge in [-0.3, -0.25) is 9.48 Å². The molecule has 6 heteroatoms. The molecule has 6 nitrogen and oxygen atoms in total. The summed E-state index contributed by atoms with van der Waals surface area (Å²) in [5, 5.41) is 9.54. The Morgan fingerprint density at radius 1 is 1.14 bits per heavy atom. The minimum absolute atomic E-state index is 0.258. The van der Waals surface area contributed by atoms with Gasteiger partial charge in [-0.2, -0.15) is 5.10 Å². The first-order valence-electron chi connectivity index (χ1n) is 9.64. The van der Waals surface area contributed by atoms with Crippen LogP contribution in [0.1, 0.15) is 34.5 Å². The molecule has 0 atom stereocenters. The normalized spacial score (nSPS) is 11.0. The van der Waals surface area contributed by atoms with E-state index in [1.54, 1.807) is 12.1 Å². The van der Waals surface area contributed by atoms with Gasteiger partial charge in [0.2, 0.25) is 0 Å². The lowest BCUT2D eigenvalue weighted by atomic mass is 10.1. The van der Waals surface area contributed by atoms with Gasteiger partial charge in [0.15, 0.2) is 5.76 Å². The van der Waals surface area contributed by atoms with E-state index in [1.807, 2.05) is 61.1 Å². The molecule has 2 heterocycles. The predicted molar refractivity (Wildman–Crippen MR) is 111 cm³/mol. The molecule has 0 bridgehead atoms. The maximum absolute atomic E-state index is 12.4. The number of hydrogen-bond acceptors (Lipinski definition) is 4. The molecule has 1 amide bonds. The first kappa shape index (κ1) is 18.8. The van der Waals surface area contributed by atoms with E-state index in [-0.39, 0.29) is 18.3 Å². The highest BCUT2D eigenvalue weighted by Gasteiger charge is 2.13. The number of benzene rings is 2. The van der Waals surface area contributed by atoms with E-state index in [9.17, 15) is 4.79 Å². The molecule has 4 rings (SSSR count). The number of aromatic nitrogens is 2. The molecule has 0 fully saturated rings. The van der Waals surface area contributed by atoms with Crippen LogP contribution in [0.3, 0.4) is 0 Å². The molecule has 1 N–H and O–H groups in total. The van der Waals surface area contributed by atoms with Crippen molar-refractivity contribution in [2.45, 2.75) is 33.5 Å². The Kier molecular flexibility index (Phi) is 5.33. The molecule has 29 heavy (non-hydrogen) atoms. The third kappa shape index (κ3) is 4.32. The predicted octanol–water partition coefficient (Wildman–Crippen LogP) is 4.47. The number of furan rings is 1. The van der Waals surface area contributed by atoms with Gasteiger partial charge >= 0.3 is 0 Å². The fraction of sp³-hybridized carbons (Fsp3) is 0.217. The first-order chi connectivity index (χ1) is 14.1. The van der Waals surface area contributed by atoms with Gasteiger partial charge in [-0.25, -0.2) is 0 Å². The number of aryl methyl sites for hydroxylation is 2. The van der Waals surface area contributed by atoms with Gasteiger partial charge in [0.1, 0.15) is 18.1 Å².